The molecule has 3 nitrogen and oxygen atoms in total. The first-order valence-corrected chi connectivity index (χ1v) is 10.2. The lowest BCUT2D eigenvalue weighted by atomic mass is 9.49. The maximum atomic E-state index is 13.1. The Balaban J connectivity index is 1.49. The molecular weight excluding hydrogens is 286 g/mol. The van der Waals surface area contributed by atoms with Crippen molar-refractivity contribution in [2.45, 2.75) is 88.6 Å². The molecule has 4 heterocycles. The van der Waals surface area contributed by atoms with Gasteiger partial charge in [-0.25, -0.2) is 0 Å². The zero-order chi connectivity index (χ0) is 15.3. The number of ketones is 1. The summed E-state index contributed by atoms with van der Waals surface area (Å²) in [5.41, 5.74) is -0.192. The number of nitrogens with zero attached hydrogens (tertiary/aromatic N) is 1. The van der Waals surface area contributed by atoms with Crippen molar-refractivity contribution in [3.63, 3.8) is 0 Å². The SMILES string of the molecule is C[C@H]1CCC2C3C[C@@H]4C[C@@H]2N1[C@]1(CC(=O)[C@@H]2CCCC[C@H]2[C@H]41)O3. The van der Waals surface area contributed by atoms with E-state index in [4.69, 9.17) is 4.74 Å². The van der Waals surface area contributed by atoms with Crippen molar-refractivity contribution < 1.29 is 9.53 Å². The molecule has 1 spiro atoms. The normalized spacial score (nSPS) is 62.8. The van der Waals surface area contributed by atoms with Gasteiger partial charge in [-0.05, 0) is 57.3 Å². The fraction of sp³-hybridized carbons (Fsp3) is 0.950. The number of Topliss-reactive ketones (excluding diaryl/α,β-unsaturated/α-hetero) is 1. The number of piperidine rings is 2. The van der Waals surface area contributed by atoms with Gasteiger partial charge in [-0.1, -0.05) is 12.8 Å². The molecule has 0 amide bonds. The summed E-state index contributed by atoms with van der Waals surface area (Å²) in [4.78, 5) is 15.8. The predicted octanol–water partition coefficient (Wildman–Crippen LogP) is 3.37. The number of hydrogen-bond donors (Lipinski definition) is 0. The average molecular weight is 315 g/mol. The summed E-state index contributed by atoms with van der Waals surface area (Å²) < 4.78 is 6.88. The molecule has 0 N–H and O–H groups in total. The molecule has 0 radical (unpaired) electrons. The highest BCUT2D eigenvalue weighted by Gasteiger charge is 2.71. The van der Waals surface area contributed by atoms with E-state index >= 15 is 0 Å². The summed E-state index contributed by atoms with van der Waals surface area (Å²) in [6, 6.07) is 1.33. The zero-order valence-corrected chi connectivity index (χ0v) is 14.2. The van der Waals surface area contributed by atoms with Crippen LogP contribution in [0.5, 0.6) is 0 Å². The van der Waals surface area contributed by atoms with E-state index in [1.807, 2.05) is 0 Å². The number of ether oxygens (including phenoxy) is 1. The molecule has 0 aromatic carbocycles. The third-order valence-corrected chi connectivity index (χ3v) is 8.74. The third kappa shape index (κ3) is 1.53. The van der Waals surface area contributed by atoms with E-state index in [-0.39, 0.29) is 5.72 Å². The second-order valence-corrected chi connectivity index (χ2v) is 9.52. The van der Waals surface area contributed by atoms with Crippen molar-refractivity contribution in [1.82, 2.24) is 4.90 Å². The van der Waals surface area contributed by atoms with Crippen LogP contribution in [0.1, 0.15) is 64.7 Å². The summed E-state index contributed by atoms with van der Waals surface area (Å²) >= 11 is 0. The molecule has 0 aromatic heterocycles. The van der Waals surface area contributed by atoms with Crippen molar-refractivity contribution in [2.24, 2.45) is 29.6 Å². The van der Waals surface area contributed by atoms with Crippen LogP contribution in [-0.4, -0.2) is 34.6 Å². The Morgan fingerprint density at radius 2 is 1.96 bits per heavy atom. The summed E-state index contributed by atoms with van der Waals surface area (Å²) in [5.74, 6) is 3.80. The molecule has 7 aliphatic rings. The first-order valence-electron chi connectivity index (χ1n) is 10.2. The van der Waals surface area contributed by atoms with Crippen LogP contribution in [0, 0.1) is 29.6 Å². The smallest absolute Gasteiger partial charge is 0.140 e. The Kier molecular flexibility index (Phi) is 2.65. The monoisotopic (exact) mass is 315 g/mol. The second kappa shape index (κ2) is 4.40. The van der Waals surface area contributed by atoms with Gasteiger partial charge in [-0.15, -0.1) is 0 Å². The van der Waals surface area contributed by atoms with Crippen molar-refractivity contribution in [3.8, 4) is 0 Å². The van der Waals surface area contributed by atoms with Gasteiger partial charge in [0.05, 0.1) is 6.10 Å². The number of carbonyl (C=O) groups is 1. The van der Waals surface area contributed by atoms with Gasteiger partial charge in [0.2, 0.25) is 0 Å². The van der Waals surface area contributed by atoms with E-state index in [0.29, 0.717) is 42.1 Å². The molecule has 6 bridgehead atoms. The van der Waals surface area contributed by atoms with Crippen molar-refractivity contribution in [3.05, 3.63) is 0 Å². The van der Waals surface area contributed by atoms with E-state index in [0.717, 1.165) is 24.3 Å². The van der Waals surface area contributed by atoms with Crippen molar-refractivity contribution in [1.29, 1.82) is 0 Å². The lowest BCUT2D eigenvalue weighted by molar-refractivity contribution is -0.381. The minimum Gasteiger partial charge on any atom is -0.356 e. The average Bonchev–Trinajstić information content (AvgIpc) is 2.53. The highest BCUT2D eigenvalue weighted by Crippen LogP contribution is 2.66. The quantitative estimate of drug-likeness (QED) is 0.686. The summed E-state index contributed by atoms with van der Waals surface area (Å²) in [6.07, 6.45) is 11.6. The van der Waals surface area contributed by atoms with Gasteiger partial charge in [0.1, 0.15) is 11.5 Å². The third-order valence-electron chi connectivity index (χ3n) is 8.74. The molecular formula is C20H29NO2. The summed E-state index contributed by atoms with van der Waals surface area (Å²) in [5, 5.41) is 0. The number of fused-ring (bicyclic) bond motifs is 1. The van der Waals surface area contributed by atoms with E-state index in [2.05, 4.69) is 11.8 Å². The summed E-state index contributed by atoms with van der Waals surface area (Å²) in [7, 11) is 0. The first-order chi connectivity index (χ1) is 11.2. The molecule has 23 heavy (non-hydrogen) atoms. The molecule has 7 rings (SSSR count). The van der Waals surface area contributed by atoms with E-state index in [9.17, 15) is 4.79 Å². The van der Waals surface area contributed by atoms with Crippen LogP contribution in [0.25, 0.3) is 0 Å². The van der Waals surface area contributed by atoms with Gasteiger partial charge in [0.25, 0.3) is 0 Å². The largest absolute Gasteiger partial charge is 0.356 e. The molecule has 0 aromatic rings. The van der Waals surface area contributed by atoms with E-state index in [1.165, 1.54) is 44.9 Å². The number of rotatable bonds is 0. The second-order valence-electron chi connectivity index (χ2n) is 9.52. The van der Waals surface area contributed by atoms with Gasteiger partial charge in [0, 0.05) is 36.3 Å². The predicted molar refractivity (Wildman–Crippen MR) is 86.7 cm³/mol. The molecule has 3 heteroatoms. The zero-order valence-electron chi connectivity index (χ0n) is 14.2. The van der Waals surface area contributed by atoms with Gasteiger partial charge < -0.3 is 4.74 Å². The Morgan fingerprint density at radius 3 is 2.87 bits per heavy atom. The lowest BCUT2D eigenvalue weighted by Crippen LogP contribution is -2.81. The fourth-order valence-corrected chi connectivity index (χ4v) is 8.23. The Morgan fingerprint density at radius 1 is 1.09 bits per heavy atom. The van der Waals surface area contributed by atoms with Gasteiger partial charge >= 0.3 is 0 Å². The van der Waals surface area contributed by atoms with Crippen LogP contribution in [0.2, 0.25) is 0 Å². The fourth-order valence-electron chi connectivity index (χ4n) is 8.23. The molecule has 126 valence electrons. The molecule has 3 aliphatic carbocycles. The van der Waals surface area contributed by atoms with Crippen LogP contribution in [0.15, 0.2) is 0 Å². The van der Waals surface area contributed by atoms with Gasteiger partial charge in [-0.2, -0.15) is 0 Å². The Bertz CT molecular complexity index is 562. The highest BCUT2D eigenvalue weighted by atomic mass is 16.5. The van der Waals surface area contributed by atoms with Crippen molar-refractivity contribution >= 4 is 5.78 Å². The first kappa shape index (κ1) is 13.8. The lowest BCUT2D eigenvalue weighted by Gasteiger charge is -2.74. The molecule has 4 saturated heterocycles. The van der Waals surface area contributed by atoms with Crippen LogP contribution in [0.4, 0.5) is 0 Å². The number of carbonyl (C=O) groups excluding carboxylic acids is 1. The summed E-state index contributed by atoms with van der Waals surface area (Å²) in [6.45, 7) is 2.39. The molecule has 3 unspecified atom stereocenters. The van der Waals surface area contributed by atoms with Gasteiger partial charge in [-0.3, -0.25) is 9.69 Å². The minimum absolute atomic E-state index is 0.192. The number of hydrogen-bond acceptors (Lipinski definition) is 3. The minimum atomic E-state index is -0.192. The Hall–Kier alpha value is -0.410. The molecule has 7 fully saturated rings. The van der Waals surface area contributed by atoms with E-state index < -0.39 is 0 Å². The van der Waals surface area contributed by atoms with Crippen LogP contribution in [-0.2, 0) is 9.53 Å². The maximum absolute atomic E-state index is 13.1. The molecule has 10 atom stereocenters. The Labute approximate surface area is 139 Å². The highest BCUT2D eigenvalue weighted by molar-refractivity contribution is 5.83. The standard InChI is InChI=1S/C20H29NO2/c1-11-6-7-15-16-8-12-9-18(15)23-20(21(11)16)10-17(22)13-4-2-3-5-14(13)19(12)20/h11-16,18-19H,2-10H2,1H3/t11-,12-,13+,14+,15?,16-,18?,19-,20+/m0/s1. The van der Waals surface area contributed by atoms with Crippen molar-refractivity contribution in [2.75, 3.05) is 0 Å². The molecule has 4 aliphatic heterocycles. The molecule has 3 saturated carbocycles. The van der Waals surface area contributed by atoms with Gasteiger partial charge in [0.15, 0.2) is 0 Å². The van der Waals surface area contributed by atoms with Crippen LogP contribution >= 0.6 is 0 Å². The topological polar surface area (TPSA) is 29.5 Å². The van der Waals surface area contributed by atoms with Crippen LogP contribution in [0.3, 0.4) is 0 Å². The van der Waals surface area contributed by atoms with E-state index in [1.54, 1.807) is 0 Å². The van der Waals surface area contributed by atoms with Crippen LogP contribution < -0.4 is 0 Å². The maximum Gasteiger partial charge on any atom is 0.140 e.